The Kier molecular flexibility index (Phi) is 5.84. The molecule has 0 bridgehead atoms. The second-order valence-corrected chi connectivity index (χ2v) is 6.07. The number of nitrogens with one attached hydrogen (secondary N) is 1. The first kappa shape index (κ1) is 18.2. The molecule has 27 heavy (non-hydrogen) atoms. The summed E-state index contributed by atoms with van der Waals surface area (Å²) < 4.78 is 5.18. The van der Waals surface area contributed by atoms with Gasteiger partial charge in [-0.05, 0) is 41.0 Å². The van der Waals surface area contributed by atoms with Gasteiger partial charge in [-0.3, -0.25) is 9.59 Å². The van der Waals surface area contributed by atoms with Crippen LogP contribution in [-0.4, -0.2) is 18.4 Å². The van der Waals surface area contributed by atoms with E-state index in [1.54, 1.807) is 24.3 Å². The third-order valence-electron chi connectivity index (χ3n) is 3.94. The molecule has 3 aromatic rings. The van der Waals surface area contributed by atoms with Crippen LogP contribution in [0.5, 0.6) is 5.75 Å². The Hall–Kier alpha value is -3.60. The Bertz CT molecular complexity index is 905. The van der Waals surface area contributed by atoms with E-state index < -0.39 is 5.91 Å². The molecule has 136 valence electrons. The van der Waals surface area contributed by atoms with Crippen LogP contribution in [0.15, 0.2) is 78.9 Å². The molecule has 0 saturated carbocycles. The van der Waals surface area contributed by atoms with E-state index in [9.17, 15) is 9.59 Å². The highest BCUT2D eigenvalue weighted by Gasteiger charge is 2.06. The number of amides is 2. The molecular formula is C22H20N2O3. The third kappa shape index (κ3) is 5.44. The van der Waals surface area contributed by atoms with E-state index in [0.717, 1.165) is 16.7 Å². The van der Waals surface area contributed by atoms with Crippen LogP contribution in [-0.2, 0) is 16.0 Å². The summed E-state index contributed by atoms with van der Waals surface area (Å²) in [5, 5.41) is 2.84. The summed E-state index contributed by atoms with van der Waals surface area (Å²) in [5.74, 6) is -0.123. The number of ether oxygens (including phenoxy) is 1. The normalized spacial score (nSPS) is 10.2. The number of rotatable bonds is 7. The Morgan fingerprint density at radius 3 is 2.07 bits per heavy atom. The van der Waals surface area contributed by atoms with Crippen molar-refractivity contribution in [3.63, 3.8) is 0 Å². The Balaban J connectivity index is 1.55. The maximum Gasteiger partial charge on any atom is 0.255 e. The monoisotopic (exact) mass is 360 g/mol. The fourth-order valence-corrected chi connectivity index (χ4v) is 2.63. The number of carbonyl (C=O) groups excluding carboxylic acids is 2. The van der Waals surface area contributed by atoms with Crippen molar-refractivity contribution >= 4 is 17.5 Å². The molecule has 0 aliphatic rings. The molecular weight excluding hydrogens is 340 g/mol. The predicted molar refractivity (Wildman–Crippen MR) is 105 cm³/mol. The Labute approximate surface area is 157 Å². The lowest BCUT2D eigenvalue weighted by Gasteiger charge is -2.08. The SMILES string of the molecule is NC(=O)COc1ccc(NC(=O)Cc2ccc(-c3ccccc3)cc2)cc1. The number of nitrogens with two attached hydrogens (primary N) is 1. The highest BCUT2D eigenvalue weighted by Crippen LogP contribution is 2.20. The molecule has 0 aliphatic carbocycles. The average Bonchev–Trinajstić information content (AvgIpc) is 2.68. The molecule has 0 aromatic heterocycles. The number of anilines is 1. The van der Waals surface area contributed by atoms with Gasteiger partial charge in [-0.2, -0.15) is 0 Å². The van der Waals surface area contributed by atoms with Crippen molar-refractivity contribution < 1.29 is 14.3 Å². The zero-order valence-corrected chi connectivity index (χ0v) is 14.7. The summed E-state index contributed by atoms with van der Waals surface area (Å²) >= 11 is 0. The van der Waals surface area contributed by atoms with Crippen molar-refractivity contribution in [2.75, 3.05) is 11.9 Å². The largest absolute Gasteiger partial charge is 0.484 e. The molecule has 0 heterocycles. The predicted octanol–water partition coefficient (Wildman–Crippen LogP) is 3.40. The summed E-state index contributed by atoms with van der Waals surface area (Å²) in [5.41, 5.74) is 8.89. The van der Waals surface area contributed by atoms with Gasteiger partial charge in [0.25, 0.3) is 5.91 Å². The summed E-state index contributed by atoms with van der Waals surface area (Å²) in [6, 6.07) is 24.8. The van der Waals surface area contributed by atoms with E-state index >= 15 is 0 Å². The second-order valence-electron chi connectivity index (χ2n) is 6.07. The van der Waals surface area contributed by atoms with Crippen molar-refractivity contribution in [1.82, 2.24) is 0 Å². The molecule has 0 aliphatic heterocycles. The minimum Gasteiger partial charge on any atom is -0.484 e. The van der Waals surface area contributed by atoms with Gasteiger partial charge in [-0.1, -0.05) is 54.6 Å². The summed E-state index contributed by atoms with van der Waals surface area (Å²) in [4.78, 5) is 22.9. The molecule has 3 N–H and O–H groups in total. The zero-order chi connectivity index (χ0) is 19.1. The maximum atomic E-state index is 12.2. The summed E-state index contributed by atoms with van der Waals surface area (Å²) in [7, 11) is 0. The number of carbonyl (C=O) groups is 2. The van der Waals surface area contributed by atoms with Gasteiger partial charge >= 0.3 is 0 Å². The number of hydrogen-bond acceptors (Lipinski definition) is 3. The molecule has 5 nitrogen and oxygen atoms in total. The summed E-state index contributed by atoms with van der Waals surface area (Å²) in [6.07, 6.45) is 0.287. The van der Waals surface area contributed by atoms with Crippen LogP contribution < -0.4 is 15.8 Å². The van der Waals surface area contributed by atoms with Gasteiger partial charge in [0.05, 0.1) is 6.42 Å². The fraction of sp³-hybridized carbons (Fsp3) is 0.0909. The molecule has 0 saturated heterocycles. The van der Waals surface area contributed by atoms with E-state index in [-0.39, 0.29) is 18.9 Å². The van der Waals surface area contributed by atoms with Crippen molar-refractivity contribution in [3.8, 4) is 16.9 Å². The zero-order valence-electron chi connectivity index (χ0n) is 14.7. The van der Waals surface area contributed by atoms with Gasteiger partial charge in [0.1, 0.15) is 5.75 Å². The van der Waals surface area contributed by atoms with Crippen LogP contribution >= 0.6 is 0 Å². The quantitative estimate of drug-likeness (QED) is 0.677. The van der Waals surface area contributed by atoms with Crippen LogP contribution in [0.3, 0.4) is 0 Å². The smallest absolute Gasteiger partial charge is 0.255 e. The third-order valence-corrected chi connectivity index (χ3v) is 3.94. The molecule has 5 heteroatoms. The van der Waals surface area contributed by atoms with Crippen LogP contribution in [0, 0.1) is 0 Å². The number of primary amides is 1. The van der Waals surface area contributed by atoms with Crippen molar-refractivity contribution in [2.45, 2.75) is 6.42 Å². The highest BCUT2D eigenvalue weighted by molar-refractivity contribution is 5.92. The van der Waals surface area contributed by atoms with E-state index in [0.29, 0.717) is 11.4 Å². The van der Waals surface area contributed by atoms with Gasteiger partial charge in [0, 0.05) is 5.69 Å². The van der Waals surface area contributed by atoms with Crippen LogP contribution in [0.4, 0.5) is 5.69 Å². The number of hydrogen-bond donors (Lipinski definition) is 2. The van der Waals surface area contributed by atoms with E-state index in [4.69, 9.17) is 10.5 Å². The number of benzene rings is 3. The molecule has 0 atom stereocenters. The molecule has 0 unspecified atom stereocenters. The Morgan fingerprint density at radius 2 is 1.44 bits per heavy atom. The van der Waals surface area contributed by atoms with Gasteiger partial charge in [-0.15, -0.1) is 0 Å². The highest BCUT2D eigenvalue weighted by atomic mass is 16.5. The lowest BCUT2D eigenvalue weighted by atomic mass is 10.0. The first-order chi connectivity index (χ1) is 13.1. The van der Waals surface area contributed by atoms with Gasteiger partial charge in [0.15, 0.2) is 6.61 Å². The standard InChI is InChI=1S/C22H20N2O3/c23-21(25)15-27-20-12-10-19(11-13-20)24-22(26)14-16-6-8-18(9-7-16)17-4-2-1-3-5-17/h1-13H,14-15H2,(H2,23,25)(H,24,26). The second kappa shape index (κ2) is 8.67. The first-order valence-electron chi connectivity index (χ1n) is 8.55. The fourth-order valence-electron chi connectivity index (χ4n) is 2.63. The summed E-state index contributed by atoms with van der Waals surface area (Å²) in [6.45, 7) is -0.176. The molecule has 0 spiro atoms. The van der Waals surface area contributed by atoms with E-state index in [2.05, 4.69) is 17.4 Å². The lowest BCUT2D eigenvalue weighted by molar-refractivity contribution is -0.120. The minimum atomic E-state index is -0.536. The average molecular weight is 360 g/mol. The molecule has 3 rings (SSSR count). The van der Waals surface area contributed by atoms with E-state index in [1.165, 1.54) is 0 Å². The molecule has 2 amide bonds. The maximum absolute atomic E-state index is 12.2. The molecule has 3 aromatic carbocycles. The lowest BCUT2D eigenvalue weighted by Crippen LogP contribution is -2.20. The first-order valence-corrected chi connectivity index (χ1v) is 8.55. The van der Waals surface area contributed by atoms with Crippen molar-refractivity contribution in [3.05, 3.63) is 84.4 Å². The molecule has 0 radical (unpaired) electrons. The van der Waals surface area contributed by atoms with Gasteiger partial charge < -0.3 is 15.8 Å². The Morgan fingerprint density at radius 1 is 0.815 bits per heavy atom. The van der Waals surface area contributed by atoms with E-state index in [1.807, 2.05) is 42.5 Å². The van der Waals surface area contributed by atoms with Gasteiger partial charge in [-0.25, -0.2) is 0 Å². The minimum absolute atomic E-state index is 0.103. The topological polar surface area (TPSA) is 81.4 Å². The van der Waals surface area contributed by atoms with Gasteiger partial charge in [0.2, 0.25) is 5.91 Å². The molecule has 0 fully saturated rings. The van der Waals surface area contributed by atoms with Crippen LogP contribution in [0.2, 0.25) is 0 Å². The van der Waals surface area contributed by atoms with Crippen molar-refractivity contribution in [2.24, 2.45) is 5.73 Å². The van der Waals surface area contributed by atoms with Crippen molar-refractivity contribution in [1.29, 1.82) is 0 Å². The van der Waals surface area contributed by atoms with Crippen LogP contribution in [0.25, 0.3) is 11.1 Å². The van der Waals surface area contributed by atoms with Crippen LogP contribution in [0.1, 0.15) is 5.56 Å².